The smallest absolute Gasteiger partial charge is 0.0671 e. The molecule has 0 aliphatic rings. The minimum absolute atomic E-state index is 0.357. The van der Waals surface area contributed by atoms with Gasteiger partial charge in [0.2, 0.25) is 0 Å². The molecular weight excluding hydrogens is 186 g/mol. The van der Waals surface area contributed by atoms with Gasteiger partial charge in [0.05, 0.1) is 6.10 Å². The maximum absolute atomic E-state index is 5.44. The second-order valence-electron chi connectivity index (χ2n) is 4.24. The topological polar surface area (TPSA) is 21.3 Å². The van der Waals surface area contributed by atoms with Gasteiger partial charge in [-0.3, -0.25) is 0 Å². The molecule has 0 saturated carbocycles. The average molecular weight is 215 g/mol. The Kier molecular flexibility index (Phi) is 11.9. The summed E-state index contributed by atoms with van der Waals surface area (Å²) in [6, 6.07) is 0. The zero-order chi connectivity index (χ0) is 11.4. The van der Waals surface area contributed by atoms with Gasteiger partial charge in [-0.1, -0.05) is 39.0 Å². The molecule has 0 radical (unpaired) electrons. The van der Waals surface area contributed by atoms with Crippen LogP contribution in [0.3, 0.4) is 0 Å². The Morgan fingerprint density at radius 1 is 1.00 bits per heavy atom. The van der Waals surface area contributed by atoms with Crippen LogP contribution in [0.25, 0.3) is 0 Å². The maximum atomic E-state index is 5.44. The summed E-state index contributed by atoms with van der Waals surface area (Å²) >= 11 is 0. The summed E-state index contributed by atoms with van der Waals surface area (Å²) in [7, 11) is 0. The molecule has 0 fully saturated rings. The average Bonchev–Trinajstić information content (AvgIpc) is 2.22. The van der Waals surface area contributed by atoms with Crippen molar-refractivity contribution < 1.29 is 4.74 Å². The van der Waals surface area contributed by atoms with Gasteiger partial charge in [0.15, 0.2) is 0 Å². The Morgan fingerprint density at radius 3 is 2.33 bits per heavy atom. The minimum Gasteiger partial charge on any atom is -0.377 e. The zero-order valence-electron chi connectivity index (χ0n) is 10.8. The fourth-order valence-electron chi connectivity index (χ4n) is 1.68. The molecule has 0 aromatic carbocycles. The molecule has 0 amide bonds. The monoisotopic (exact) mass is 215 g/mol. The Morgan fingerprint density at radius 2 is 1.67 bits per heavy atom. The minimum atomic E-state index is 0.357. The number of hydrogen-bond acceptors (Lipinski definition) is 2. The van der Waals surface area contributed by atoms with Gasteiger partial charge >= 0.3 is 0 Å². The lowest BCUT2D eigenvalue weighted by atomic mass is 10.1. The summed E-state index contributed by atoms with van der Waals surface area (Å²) in [5.41, 5.74) is 0. The first-order valence-electron chi connectivity index (χ1n) is 6.63. The molecule has 2 nitrogen and oxygen atoms in total. The second kappa shape index (κ2) is 12.0. The third kappa shape index (κ3) is 11.8. The standard InChI is InChI=1S/C13H29NO/c1-4-6-7-8-9-10-11-14-12-13(3)15-5-2/h13-14H,4-12H2,1-3H3. The summed E-state index contributed by atoms with van der Waals surface area (Å²) in [4.78, 5) is 0. The summed E-state index contributed by atoms with van der Waals surface area (Å²) in [6.45, 7) is 9.38. The van der Waals surface area contributed by atoms with Crippen LogP contribution in [-0.4, -0.2) is 25.8 Å². The highest BCUT2D eigenvalue weighted by molar-refractivity contribution is 4.55. The quantitative estimate of drug-likeness (QED) is 0.534. The van der Waals surface area contributed by atoms with Crippen LogP contribution >= 0.6 is 0 Å². The van der Waals surface area contributed by atoms with Crippen LogP contribution in [-0.2, 0) is 4.74 Å². The number of unbranched alkanes of at least 4 members (excludes halogenated alkanes) is 5. The number of rotatable bonds is 11. The van der Waals surface area contributed by atoms with Crippen molar-refractivity contribution in [1.29, 1.82) is 0 Å². The van der Waals surface area contributed by atoms with Crippen molar-refractivity contribution in [2.24, 2.45) is 0 Å². The highest BCUT2D eigenvalue weighted by atomic mass is 16.5. The molecule has 0 rings (SSSR count). The maximum Gasteiger partial charge on any atom is 0.0671 e. The molecular formula is C13H29NO. The number of hydrogen-bond donors (Lipinski definition) is 1. The highest BCUT2D eigenvalue weighted by Gasteiger charge is 1.98. The fraction of sp³-hybridized carbons (Fsp3) is 1.00. The predicted molar refractivity (Wildman–Crippen MR) is 67.3 cm³/mol. The Labute approximate surface area is 95.8 Å². The van der Waals surface area contributed by atoms with Crippen LogP contribution in [0.2, 0.25) is 0 Å². The van der Waals surface area contributed by atoms with Gasteiger partial charge in [-0.2, -0.15) is 0 Å². The van der Waals surface area contributed by atoms with Crippen molar-refractivity contribution in [2.45, 2.75) is 65.4 Å². The van der Waals surface area contributed by atoms with Crippen molar-refractivity contribution in [2.75, 3.05) is 19.7 Å². The van der Waals surface area contributed by atoms with Crippen molar-refractivity contribution in [3.05, 3.63) is 0 Å². The van der Waals surface area contributed by atoms with E-state index in [0.29, 0.717) is 6.10 Å². The van der Waals surface area contributed by atoms with E-state index >= 15 is 0 Å². The summed E-state index contributed by atoms with van der Waals surface area (Å²) in [5, 5.41) is 3.44. The lowest BCUT2D eigenvalue weighted by Gasteiger charge is -2.12. The summed E-state index contributed by atoms with van der Waals surface area (Å²) in [6.07, 6.45) is 8.58. The molecule has 0 heterocycles. The molecule has 1 atom stereocenters. The van der Waals surface area contributed by atoms with Gasteiger partial charge in [-0.25, -0.2) is 0 Å². The second-order valence-corrected chi connectivity index (χ2v) is 4.24. The Bertz CT molecular complexity index is 117. The molecule has 0 aliphatic carbocycles. The molecule has 0 spiro atoms. The van der Waals surface area contributed by atoms with Gasteiger partial charge in [-0.05, 0) is 26.8 Å². The van der Waals surface area contributed by atoms with E-state index < -0.39 is 0 Å². The summed E-state index contributed by atoms with van der Waals surface area (Å²) < 4.78 is 5.44. The van der Waals surface area contributed by atoms with E-state index in [1.165, 1.54) is 38.5 Å². The van der Waals surface area contributed by atoms with Crippen LogP contribution < -0.4 is 5.32 Å². The molecule has 0 aromatic rings. The van der Waals surface area contributed by atoms with E-state index in [-0.39, 0.29) is 0 Å². The van der Waals surface area contributed by atoms with E-state index in [9.17, 15) is 0 Å². The molecule has 0 aliphatic heterocycles. The predicted octanol–water partition coefficient (Wildman–Crippen LogP) is 3.36. The van der Waals surface area contributed by atoms with Gasteiger partial charge in [-0.15, -0.1) is 0 Å². The van der Waals surface area contributed by atoms with Gasteiger partial charge < -0.3 is 10.1 Å². The van der Waals surface area contributed by atoms with Gasteiger partial charge in [0.1, 0.15) is 0 Å². The molecule has 0 aromatic heterocycles. The molecule has 0 bridgehead atoms. The highest BCUT2D eigenvalue weighted by Crippen LogP contribution is 2.03. The SMILES string of the molecule is CCCCCCCCNCC(C)OCC. The van der Waals surface area contributed by atoms with Gasteiger partial charge in [0, 0.05) is 13.2 Å². The van der Waals surface area contributed by atoms with Crippen LogP contribution in [0.1, 0.15) is 59.3 Å². The first kappa shape index (κ1) is 14.9. The number of ether oxygens (including phenoxy) is 1. The lowest BCUT2D eigenvalue weighted by Crippen LogP contribution is -2.27. The van der Waals surface area contributed by atoms with Crippen molar-refractivity contribution in [3.8, 4) is 0 Å². The third-order valence-electron chi connectivity index (χ3n) is 2.59. The Hall–Kier alpha value is -0.0800. The zero-order valence-corrected chi connectivity index (χ0v) is 10.8. The first-order chi connectivity index (χ1) is 7.31. The normalized spacial score (nSPS) is 13.0. The molecule has 15 heavy (non-hydrogen) atoms. The van der Waals surface area contributed by atoms with Crippen molar-refractivity contribution in [1.82, 2.24) is 5.32 Å². The van der Waals surface area contributed by atoms with E-state index in [1.807, 2.05) is 6.92 Å². The van der Waals surface area contributed by atoms with E-state index in [0.717, 1.165) is 19.7 Å². The van der Waals surface area contributed by atoms with Crippen LogP contribution in [0.4, 0.5) is 0 Å². The largest absolute Gasteiger partial charge is 0.377 e. The van der Waals surface area contributed by atoms with Crippen LogP contribution in [0, 0.1) is 0 Å². The van der Waals surface area contributed by atoms with Crippen molar-refractivity contribution in [3.63, 3.8) is 0 Å². The lowest BCUT2D eigenvalue weighted by molar-refractivity contribution is 0.0762. The van der Waals surface area contributed by atoms with Crippen LogP contribution in [0.5, 0.6) is 0 Å². The Balaban J connectivity index is 2.98. The summed E-state index contributed by atoms with van der Waals surface area (Å²) in [5.74, 6) is 0. The molecule has 1 unspecified atom stereocenters. The molecule has 1 N–H and O–H groups in total. The third-order valence-corrected chi connectivity index (χ3v) is 2.59. The fourth-order valence-corrected chi connectivity index (χ4v) is 1.68. The van der Waals surface area contributed by atoms with E-state index in [2.05, 4.69) is 19.2 Å². The van der Waals surface area contributed by atoms with Crippen LogP contribution in [0.15, 0.2) is 0 Å². The van der Waals surface area contributed by atoms with E-state index in [1.54, 1.807) is 0 Å². The number of nitrogens with one attached hydrogen (secondary N) is 1. The van der Waals surface area contributed by atoms with E-state index in [4.69, 9.17) is 4.74 Å². The molecule has 92 valence electrons. The molecule has 0 saturated heterocycles. The van der Waals surface area contributed by atoms with Gasteiger partial charge in [0.25, 0.3) is 0 Å². The molecule has 2 heteroatoms. The van der Waals surface area contributed by atoms with Crippen molar-refractivity contribution >= 4 is 0 Å². The first-order valence-corrected chi connectivity index (χ1v) is 6.63.